The van der Waals surface area contributed by atoms with Crippen molar-refractivity contribution < 1.29 is 9.59 Å². The molecule has 1 aromatic carbocycles. The minimum atomic E-state index is -0.137. The predicted molar refractivity (Wildman–Crippen MR) is 107 cm³/mol. The molecule has 1 aliphatic rings. The summed E-state index contributed by atoms with van der Waals surface area (Å²) < 4.78 is 0. The standard InChI is InChI=1S/C20H25N3O2S/c1-14(15-5-3-9-21-13-15)11-19(24)22-16-6-2-7-17(12-16)23-20(25)18-8-4-10-26-18/h2,4,6-8,10,12,14-15,21H,3,5,9,11,13H2,1H3,(H,22,24)(H,23,25). The van der Waals surface area contributed by atoms with E-state index >= 15 is 0 Å². The third-order valence-corrected chi connectivity index (χ3v) is 5.66. The third-order valence-electron chi connectivity index (χ3n) is 4.80. The summed E-state index contributed by atoms with van der Waals surface area (Å²) in [7, 11) is 0. The molecule has 1 aromatic heterocycles. The zero-order valence-corrected chi connectivity index (χ0v) is 15.8. The van der Waals surface area contributed by atoms with Crippen molar-refractivity contribution in [3.05, 3.63) is 46.7 Å². The van der Waals surface area contributed by atoms with Crippen LogP contribution in [0.15, 0.2) is 41.8 Å². The number of amides is 2. The molecule has 0 aliphatic carbocycles. The van der Waals surface area contributed by atoms with Crippen LogP contribution in [0.5, 0.6) is 0 Å². The maximum atomic E-state index is 12.4. The van der Waals surface area contributed by atoms with Crippen LogP contribution in [0.3, 0.4) is 0 Å². The fourth-order valence-electron chi connectivity index (χ4n) is 3.31. The van der Waals surface area contributed by atoms with Gasteiger partial charge in [0.15, 0.2) is 0 Å². The second-order valence-electron chi connectivity index (χ2n) is 6.85. The molecule has 5 nitrogen and oxygen atoms in total. The maximum Gasteiger partial charge on any atom is 0.265 e. The third kappa shape index (κ3) is 5.16. The lowest BCUT2D eigenvalue weighted by molar-refractivity contribution is -0.117. The van der Waals surface area contributed by atoms with Gasteiger partial charge in [0.25, 0.3) is 5.91 Å². The monoisotopic (exact) mass is 371 g/mol. The van der Waals surface area contributed by atoms with Crippen LogP contribution < -0.4 is 16.0 Å². The Kier molecular flexibility index (Phi) is 6.41. The summed E-state index contributed by atoms with van der Waals surface area (Å²) >= 11 is 1.40. The van der Waals surface area contributed by atoms with E-state index < -0.39 is 0 Å². The summed E-state index contributed by atoms with van der Waals surface area (Å²) in [6.07, 6.45) is 2.88. The van der Waals surface area contributed by atoms with Gasteiger partial charge in [0, 0.05) is 17.8 Å². The van der Waals surface area contributed by atoms with Gasteiger partial charge in [-0.3, -0.25) is 9.59 Å². The Labute approximate surface area is 158 Å². The molecule has 138 valence electrons. The van der Waals surface area contributed by atoms with Gasteiger partial charge in [0.05, 0.1) is 4.88 Å². The second-order valence-corrected chi connectivity index (χ2v) is 7.80. The Hall–Kier alpha value is -2.18. The molecule has 1 aliphatic heterocycles. The van der Waals surface area contributed by atoms with Crippen LogP contribution in [-0.4, -0.2) is 24.9 Å². The number of hydrogen-bond acceptors (Lipinski definition) is 4. The Morgan fingerprint density at radius 2 is 2.04 bits per heavy atom. The Morgan fingerprint density at radius 1 is 1.23 bits per heavy atom. The lowest BCUT2D eigenvalue weighted by atomic mass is 9.85. The number of anilines is 2. The van der Waals surface area contributed by atoms with Crippen molar-refractivity contribution in [1.29, 1.82) is 0 Å². The second kappa shape index (κ2) is 8.96. The molecule has 2 atom stereocenters. The highest BCUT2D eigenvalue weighted by Gasteiger charge is 2.22. The fraction of sp³-hybridized carbons (Fsp3) is 0.400. The highest BCUT2D eigenvalue weighted by atomic mass is 32.1. The first-order valence-corrected chi connectivity index (χ1v) is 9.95. The molecule has 2 heterocycles. The van der Waals surface area contributed by atoms with Gasteiger partial charge in [-0.1, -0.05) is 19.1 Å². The Bertz CT molecular complexity index is 739. The molecule has 3 N–H and O–H groups in total. The zero-order valence-electron chi connectivity index (χ0n) is 15.0. The first kappa shape index (κ1) is 18.6. The summed E-state index contributed by atoms with van der Waals surface area (Å²) in [5.74, 6) is 0.794. The van der Waals surface area contributed by atoms with Gasteiger partial charge in [-0.2, -0.15) is 0 Å². The van der Waals surface area contributed by atoms with E-state index in [1.54, 1.807) is 12.1 Å². The highest BCUT2D eigenvalue weighted by molar-refractivity contribution is 7.12. The van der Waals surface area contributed by atoms with Gasteiger partial charge >= 0.3 is 0 Å². The maximum absolute atomic E-state index is 12.4. The van der Waals surface area contributed by atoms with Crippen molar-refractivity contribution in [2.45, 2.75) is 26.2 Å². The topological polar surface area (TPSA) is 70.2 Å². The van der Waals surface area contributed by atoms with Crippen molar-refractivity contribution in [2.75, 3.05) is 23.7 Å². The predicted octanol–water partition coefficient (Wildman–Crippen LogP) is 3.96. The summed E-state index contributed by atoms with van der Waals surface area (Å²) in [6.45, 7) is 4.23. The van der Waals surface area contributed by atoms with Crippen LogP contribution in [0.25, 0.3) is 0 Å². The number of benzene rings is 1. The van der Waals surface area contributed by atoms with Gasteiger partial charge in [-0.15, -0.1) is 11.3 Å². The molecule has 0 spiro atoms. The zero-order chi connectivity index (χ0) is 18.4. The minimum absolute atomic E-state index is 0.0183. The number of carbonyl (C=O) groups is 2. The van der Waals surface area contributed by atoms with E-state index in [1.165, 1.54) is 24.2 Å². The number of hydrogen-bond donors (Lipinski definition) is 3. The lowest BCUT2D eigenvalue weighted by Gasteiger charge is -2.28. The molecule has 0 radical (unpaired) electrons. The van der Waals surface area contributed by atoms with E-state index in [9.17, 15) is 9.59 Å². The molecule has 3 rings (SSSR count). The van der Waals surface area contributed by atoms with E-state index in [4.69, 9.17) is 0 Å². The van der Waals surface area contributed by atoms with E-state index in [0.29, 0.717) is 34.5 Å². The van der Waals surface area contributed by atoms with E-state index in [-0.39, 0.29) is 11.8 Å². The number of rotatable bonds is 6. The summed E-state index contributed by atoms with van der Waals surface area (Å²) in [4.78, 5) is 25.2. The number of piperidine rings is 1. The van der Waals surface area contributed by atoms with E-state index in [1.807, 2.05) is 29.6 Å². The molecular formula is C20H25N3O2S. The van der Waals surface area contributed by atoms with Crippen LogP contribution in [0, 0.1) is 11.8 Å². The van der Waals surface area contributed by atoms with Crippen molar-refractivity contribution in [2.24, 2.45) is 11.8 Å². The number of thiophene rings is 1. The molecule has 1 saturated heterocycles. The van der Waals surface area contributed by atoms with Gasteiger partial charge in [0.1, 0.15) is 0 Å². The summed E-state index contributed by atoms with van der Waals surface area (Å²) in [5, 5.41) is 11.1. The Balaban J connectivity index is 1.54. The molecule has 6 heteroatoms. The first-order valence-electron chi connectivity index (χ1n) is 9.07. The van der Waals surface area contributed by atoms with E-state index in [2.05, 4.69) is 22.9 Å². The fourth-order valence-corrected chi connectivity index (χ4v) is 3.93. The molecule has 0 bridgehead atoms. The molecule has 2 amide bonds. The van der Waals surface area contributed by atoms with Gasteiger partial charge in [-0.05, 0) is 67.4 Å². The number of nitrogens with one attached hydrogen (secondary N) is 3. The largest absolute Gasteiger partial charge is 0.326 e. The molecule has 2 aromatic rings. The van der Waals surface area contributed by atoms with Crippen molar-refractivity contribution in [1.82, 2.24) is 5.32 Å². The minimum Gasteiger partial charge on any atom is -0.326 e. The van der Waals surface area contributed by atoms with Crippen LogP contribution in [0.2, 0.25) is 0 Å². The average Bonchev–Trinajstić information content (AvgIpc) is 3.17. The van der Waals surface area contributed by atoms with Crippen LogP contribution in [0.4, 0.5) is 11.4 Å². The SMILES string of the molecule is CC(CC(=O)Nc1cccc(NC(=O)c2cccs2)c1)C1CCCNC1. The summed E-state index contributed by atoms with van der Waals surface area (Å²) in [5.41, 5.74) is 1.37. The van der Waals surface area contributed by atoms with Gasteiger partial charge < -0.3 is 16.0 Å². The van der Waals surface area contributed by atoms with Crippen LogP contribution >= 0.6 is 11.3 Å². The molecular weight excluding hydrogens is 346 g/mol. The first-order chi connectivity index (χ1) is 12.6. The molecule has 2 unspecified atom stereocenters. The molecule has 26 heavy (non-hydrogen) atoms. The van der Waals surface area contributed by atoms with Crippen LogP contribution in [0.1, 0.15) is 35.9 Å². The quantitative estimate of drug-likeness (QED) is 0.720. The van der Waals surface area contributed by atoms with Gasteiger partial charge in [0.2, 0.25) is 5.91 Å². The highest BCUT2D eigenvalue weighted by Crippen LogP contribution is 2.23. The van der Waals surface area contributed by atoms with E-state index in [0.717, 1.165) is 13.1 Å². The van der Waals surface area contributed by atoms with Gasteiger partial charge in [-0.25, -0.2) is 0 Å². The smallest absolute Gasteiger partial charge is 0.265 e. The van der Waals surface area contributed by atoms with Crippen molar-refractivity contribution >= 4 is 34.5 Å². The average molecular weight is 372 g/mol. The molecule has 1 fully saturated rings. The lowest BCUT2D eigenvalue weighted by Crippen LogP contribution is -2.34. The number of carbonyl (C=O) groups excluding carboxylic acids is 2. The Morgan fingerprint density at radius 3 is 2.73 bits per heavy atom. The van der Waals surface area contributed by atoms with Crippen molar-refractivity contribution in [3.8, 4) is 0 Å². The van der Waals surface area contributed by atoms with Crippen LogP contribution in [-0.2, 0) is 4.79 Å². The summed E-state index contributed by atoms with van der Waals surface area (Å²) in [6, 6.07) is 10.9. The normalized spacial score (nSPS) is 18.1. The van der Waals surface area contributed by atoms with Crippen molar-refractivity contribution in [3.63, 3.8) is 0 Å². The molecule has 0 saturated carbocycles.